The SMILES string of the molecule is FC(F)(F)COCC(Cl)c1sccc1Br. The first-order valence-corrected chi connectivity index (χ1v) is 6.02. The van der Waals surface area contributed by atoms with E-state index < -0.39 is 18.2 Å². The summed E-state index contributed by atoms with van der Waals surface area (Å²) in [6.07, 6.45) is -4.30. The van der Waals surface area contributed by atoms with Crippen molar-refractivity contribution in [2.75, 3.05) is 13.2 Å². The maximum absolute atomic E-state index is 11.8. The lowest BCUT2D eigenvalue weighted by atomic mass is 10.3. The van der Waals surface area contributed by atoms with Crippen LogP contribution in [0.4, 0.5) is 13.2 Å². The predicted octanol–water partition coefficient (Wildman–Crippen LogP) is 4.37. The molecule has 7 heteroatoms. The van der Waals surface area contributed by atoms with Gasteiger partial charge in [-0.3, -0.25) is 0 Å². The van der Waals surface area contributed by atoms with E-state index in [0.717, 1.165) is 9.35 Å². The Morgan fingerprint density at radius 1 is 1.53 bits per heavy atom. The van der Waals surface area contributed by atoms with E-state index in [1.165, 1.54) is 11.3 Å². The van der Waals surface area contributed by atoms with Crippen LogP contribution in [0.15, 0.2) is 15.9 Å². The minimum absolute atomic E-state index is 0.153. The Labute approximate surface area is 102 Å². The Balaban J connectivity index is 2.37. The van der Waals surface area contributed by atoms with Crippen LogP contribution < -0.4 is 0 Å². The third kappa shape index (κ3) is 4.72. The number of ether oxygens (including phenoxy) is 1. The molecular weight excluding hydrogens is 317 g/mol. The van der Waals surface area contributed by atoms with Crippen molar-refractivity contribution >= 4 is 38.9 Å². The molecule has 1 aromatic rings. The highest BCUT2D eigenvalue weighted by Gasteiger charge is 2.28. The van der Waals surface area contributed by atoms with Gasteiger partial charge in [0.25, 0.3) is 0 Å². The lowest BCUT2D eigenvalue weighted by Crippen LogP contribution is -2.18. The molecule has 0 saturated heterocycles. The van der Waals surface area contributed by atoms with Crippen molar-refractivity contribution < 1.29 is 17.9 Å². The molecule has 0 radical (unpaired) electrons. The quantitative estimate of drug-likeness (QED) is 0.748. The van der Waals surface area contributed by atoms with Gasteiger partial charge in [-0.25, -0.2) is 0 Å². The predicted molar refractivity (Wildman–Crippen MR) is 57.5 cm³/mol. The van der Waals surface area contributed by atoms with Crippen molar-refractivity contribution in [2.45, 2.75) is 11.6 Å². The summed E-state index contributed by atoms with van der Waals surface area (Å²) in [4.78, 5) is 0.777. The molecular formula is C8H7BrClF3OS. The van der Waals surface area contributed by atoms with Crippen molar-refractivity contribution in [1.82, 2.24) is 0 Å². The summed E-state index contributed by atoms with van der Waals surface area (Å²) in [6.45, 7) is -1.42. The molecule has 1 nitrogen and oxygen atoms in total. The van der Waals surface area contributed by atoms with Gasteiger partial charge in [0.15, 0.2) is 0 Å². The van der Waals surface area contributed by atoms with Crippen LogP contribution in [0, 0.1) is 0 Å². The lowest BCUT2D eigenvalue weighted by Gasteiger charge is -2.11. The van der Waals surface area contributed by atoms with Gasteiger partial charge >= 0.3 is 6.18 Å². The molecule has 0 fully saturated rings. The van der Waals surface area contributed by atoms with E-state index in [-0.39, 0.29) is 6.61 Å². The minimum Gasteiger partial charge on any atom is -0.370 e. The van der Waals surface area contributed by atoms with Crippen LogP contribution in [0.3, 0.4) is 0 Å². The molecule has 0 aromatic carbocycles. The summed E-state index contributed by atoms with van der Waals surface area (Å²) < 4.78 is 40.5. The Kier molecular flexibility index (Phi) is 4.89. The molecule has 0 bridgehead atoms. The topological polar surface area (TPSA) is 9.23 Å². The average molecular weight is 324 g/mol. The van der Waals surface area contributed by atoms with E-state index >= 15 is 0 Å². The standard InChI is InChI=1S/C8H7BrClF3OS/c9-5-1-2-15-7(5)6(10)3-14-4-8(11,12)13/h1-2,6H,3-4H2. The van der Waals surface area contributed by atoms with Crippen molar-refractivity contribution in [3.05, 3.63) is 20.8 Å². The Bertz CT molecular complexity index is 315. The van der Waals surface area contributed by atoms with Gasteiger partial charge in [0, 0.05) is 9.35 Å². The van der Waals surface area contributed by atoms with Crippen molar-refractivity contribution in [3.63, 3.8) is 0 Å². The number of hydrogen-bond acceptors (Lipinski definition) is 2. The van der Waals surface area contributed by atoms with Gasteiger partial charge in [-0.2, -0.15) is 13.2 Å². The molecule has 0 aliphatic heterocycles. The summed E-state index contributed by atoms with van der Waals surface area (Å²) in [6, 6.07) is 1.79. The van der Waals surface area contributed by atoms with Gasteiger partial charge in [-0.1, -0.05) is 0 Å². The Hall–Kier alpha value is 0.220. The summed E-state index contributed by atoms with van der Waals surface area (Å²) >= 11 is 10.5. The fraction of sp³-hybridized carbons (Fsp3) is 0.500. The number of thiophene rings is 1. The highest BCUT2D eigenvalue weighted by molar-refractivity contribution is 9.10. The molecule has 1 aromatic heterocycles. The fourth-order valence-electron chi connectivity index (χ4n) is 0.883. The zero-order valence-corrected chi connectivity index (χ0v) is 10.5. The van der Waals surface area contributed by atoms with Crippen LogP contribution in [0.1, 0.15) is 10.3 Å². The highest BCUT2D eigenvalue weighted by Crippen LogP contribution is 2.33. The number of rotatable bonds is 4. The van der Waals surface area contributed by atoms with Crippen LogP contribution in [0.25, 0.3) is 0 Å². The maximum Gasteiger partial charge on any atom is 0.411 e. The molecule has 1 rings (SSSR count). The minimum atomic E-state index is -4.30. The molecule has 86 valence electrons. The molecule has 0 spiro atoms. The van der Waals surface area contributed by atoms with Crippen LogP contribution in [0.5, 0.6) is 0 Å². The number of alkyl halides is 4. The second kappa shape index (κ2) is 5.52. The summed E-state index contributed by atoms with van der Waals surface area (Å²) in [7, 11) is 0. The second-order valence-corrected chi connectivity index (χ2v) is 5.06. The normalized spacial score (nSPS) is 14.2. The van der Waals surface area contributed by atoms with Gasteiger partial charge in [0.1, 0.15) is 6.61 Å². The average Bonchev–Trinajstić information content (AvgIpc) is 2.48. The third-order valence-electron chi connectivity index (χ3n) is 1.46. The van der Waals surface area contributed by atoms with Crippen molar-refractivity contribution in [3.8, 4) is 0 Å². The molecule has 1 atom stereocenters. The van der Waals surface area contributed by atoms with Crippen molar-refractivity contribution in [2.24, 2.45) is 0 Å². The first-order valence-electron chi connectivity index (χ1n) is 3.91. The van der Waals surface area contributed by atoms with Gasteiger partial charge in [0.2, 0.25) is 0 Å². The number of hydrogen-bond donors (Lipinski definition) is 0. The first kappa shape index (κ1) is 13.3. The first-order chi connectivity index (χ1) is 6.90. The fourth-order valence-corrected chi connectivity index (χ4v) is 2.99. The molecule has 0 saturated carbocycles. The molecule has 1 unspecified atom stereocenters. The summed E-state index contributed by atoms with van der Waals surface area (Å²) in [5.74, 6) is 0. The monoisotopic (exact) mass is 322 g/mol. The molecule has 0 aliphatic carbocycles. The van der Waals surface area contributed by atoms with Gasteiger partial charge in [-0.05, 0) is 27.4 Å². The Morgan fingerprint density at radius 3 is 2.67 bits per heavy atom. The molecule has 15 heavy (non-hydrogen) atoms. The zero-order valence-electron chi connectivity index (χ0n) is 7.35. The van der Waals surface area contributed by atoms with Gasteiger partial charge < -0.3 is 4.74 Å². The summed E-state index contributed by atoms with van der Waals surface area (Å²) in [5, 5.41) is 1.25. The van der Waals surface area contributed by atoms with Crippen molar-refractivity contribution in [1.29, 1.82) is 0 Å². The molecule has 1 heterocycles. The van der Waals surface area contributed by atoms with Crippen LogP contribution >= 0.6 is 38.9 Å². The van der Waals surface area contributed by atoms with E-state index in [0.29, 0.717) is 0 Å². The van der Waals surface area contributed by atoms with E-state index in [1.54, 1.807) is 11.4 Å². The van der Waals surface area contributed by atoms with E-state index in [4.69, 9.17) is 11.6 Å². The van der Waals surface area contributed by atoms with Crippen LogP contribution in [0.2, 0.25) is 0 Å². The molecule has 0 aliphatic rings. The third-order valence-corrected chi connectivity index (χ3v) is 3.92. The van der Waals surface area contributed by atoms with Gasteiger partial charge in [-0.15, -0.1) is 22.9 Å². The van der Waals surface area contributed by atoms with Gasteiger partial charge in [0.05, 0.1) is 12.0 Å². The van der Waals surface area contributed by atoms with E-state index in [9.17, 15) is 13.2 Å². The molecule has 0 N–H and O–H groups in total. The lowest BCUT2D eigenvalue weighted by molar-refractivity contribution is -0.173. The maximum atomic E-state index is 11.8. The molecule has 0 amide bonds. The van der Waals surface area contributed by atoms with Crippen LogP contribution in [-0.4, -0.2) is 19.4 Å². The Morgan fingerprint density at radius 2 is 2.20 bits per heavy atom. The van der Waals surface area contributed by atoms with E-state index in [2.05, 4.69) is 20.7 Å². The highest BCUT2D eigenvalue weighted by atomic mass is 79.9. The second-order valence-electron chi connectivity index (χ2n) is 2.73. The largest absolute Gasteiger partial charge is 0.411 e. The zero-order chi connectivity index (χ0) is 11.5. The van der Waals surface area contributed by atoms with E-state index in [1.807, 2.05) is 0 Å². The summed E-state index contributed by atoms with van der Waals surface area (Å²) in [5.41, 5.74) is 0. The van der Waals surface area contributed by atoms with Crippen LogP contribution in [-0.2, 0) is 4.74 Å². The number of halogens is 5. The smallest absolute Gasteiger partial charge is 0.370 e.